The van der Waals surface area contributed by atoms with E-state index in [0.29, 0.717) is 29.3 Å². The summed E-state index contributed by atoms with van der Waals surface area (Å²) in [6, 6.07) is 9.39. The van der Waals surface area contributed by atoms with E-state index in [4.69, 9.17) is 4.84 Å². The fourth-order valence-corrected chi connectivity index (χ4v) is 5.51. The molecule has 1 aliphatic rings. The lowest BCUT2D eigenvalue weighted by Crippen LogP contribution is -2.29. The third-order valence-electron chi connectivity index (χ3n) is 6.11. The number of sulfonamides is 1. The highest BCUT2D eigenvalue weighted by atomic mass is 127. The van der Waals surface area contributed by atoms with Crippen LogP contribution in [0.25, 0.3) is 0 Å². The van der Waals surface area contributed by atoms with E-state index in [1.165, 1.54) is 0 Å². The Balaban J connectivity index is 1.70. The molecule has 0 aliphatic heterocycles. The van der Waals surface area contributed by atoms with Gasteiger partial charge in [0.25, 0.3) is 5.91 Å². The van der Waals surface area contributed by atoms with E-state index in [-0.39, 0.29) is 13.2 Å². The molecule has 0 saturated heterocycles. The van der Waals surface area contributed by atoms with Gasteiger partial charge < -0.3 is 5.32 Å². The molecular weight excluding hydrogens is 629 g/mol. The van der Waals surface area contributed by atoms with E-state index in [9.17, 15) is 13.2 Å². The van der Waals surface area contributed by atoms with Crippen molar-refractivity contribution in [3.8, 4) is 0 Å². The first kappa shape index (κ1) is 28.3. The summed E-state index contributed by atoms with van der Waals surface area (Å²) in [6.07, 6.45) is 4.10. The Labute approximate surface area is 233 Å². The number of rotatable bonds is 11. The molecule has 0 bridgehead atoms. The van der Waals surface area contributed by atoms with Gasteiger partial charge in [-0.3, -0.25) is 14.6 Å². The Morgan fingerprint density at radius 3 is 2.63 bits per heavy atom. The summed E-state index contributed by atoms with van der Waals surface area (Å²) < 4.78 is 60.2. The topological polar surface area (TPSA) is 109 Å². The molecule has 3 N–H and O–H groups in total. The molecule has 1 fully saturated rings. The predicted octanol–water partition coefficient (Wildman–Crippen LogP) is 5.13. The number of halogens is 3. The minimum Gasteiger partial charge on any atom is -0.352 e. The van der Waals surface area contributed by atoms with Gasteiger partial charge in [0.05, 0.1) is 17.9 Å². The normalized spacial score (nSPS) is 13.4. The highest BCUT2D eigenvalue weighted by molar-refractivity contribution is 14.1. The van der Waals surface area contributed by atoms with Crippen LogP contribution in [0, 0.1) is 28.0 Å². The summed E-state index contributed by atoms with van der Waals surface area (Å²) in [4.78, 5) is 21.5. The molecule has 0 atom stereocenters. The summed E-state index contributed by atoms with van der Waals surface area (Å²) in [7, 11) is -4.56. The molecule has 0 unspecified atom stereocenters. The maximum atomic E-state index is 15.5. The molecule has 0 spiro atoms. The number of hydrogen-bond donors (Lipinski definition) is 3. The number of benzene rings is 2. The van der Waals surface area contributed by atoms with E-state index in [0.717, 1.165) is 28.0 Å². The summed E-state index contributed by atoms with van der Waals surface area (Å²) in [6.45, 7) is 3.72. The molecule has 1 saturated carbocycles. The van der Waals surface area contributed by atoms with Crippen LogP contribution in [-0.2, 0) is 27.8 Å². The average Bonchev–Trinajstić information content (AvgIpc) is 3.71. The predicted molar refractivity (Wildman–Crippen MR) is 147 cm³/mol. The zero-order chi connectivity index (χ0) is 27.4. The van der Waals surface area contributed by atoms with Crippen molar-refractivity contribution in [2.75, 3.05) is 11.9 Å². The Kier molecular flexibility index (Phi) is 8.96. The van der Waals surface area contributed by atoms with Crippen LogP contribution < -0.4 is 15.5 Å². The maximum absolute atomic E-state index is 15.5. The van der Waals surface area contributed by atoms with Gasteiger partial charge in [0.15, 0.2) is 11.6 Å². The third-order valence-corrected chi connectivity index (χ3v) is 8.18. The fourth-order valence-electron chi connectivity index (χ4n) is 3.77. The Hall–Kier alpha value is -2.68. The van der Waals surface area contributed by atoms with Gasteiger partial charge in [-0.05, 0) is 96.2 Å². The number of anilines is 2. The maximum Gasteiger partial charge on any atom is 0.277 e. The smallest absolute Gasteiger partial charge is 0.277 e. The Morgan fingerprint density at radius 1 is 1.18 bits per heavy atom. The Bertz CT molecular complexity index is 1470. The molecule has 1 heterocycles. The van der Waals surface area contributed by atoms with Crippen LogP contribution in [0.2, 0.25) is 0 Å². The van der Waals surface area contributed by atoms with Gasteiger partial charge in [-0.25, -0.2) is 27.4 Å². The van der Waals surface area contributed by atoms with E-state index in [2.05, 4.69) is 43.1 Å². The summed E-state index contributed by atoms with van der Waals surface area (Å²) in [5, 5.41) is 2.76. The quantitative estimate of drug-likeness (QED) is 0.195. The monoisotopic (exact) mass is 656 g/mol. The van der Waals surface area contributed by atoms with Gasteiger partial charge in [0.2, 0.25) is 10.0 Å². The fraction of sp³-hybridized carbons (Fsp3) is 0.308. The van der Waals surface area contributed by atoms with E-state index >= 15 is 8.78 Å². The second-order valence-corrected chi connectivity index (χ2v) is 12.0. The lowest BCUT2D eigenvalue weighted by Gasteiger charge is -2.18. The summed E-state index contributed by atoms with van der Waals surface area (Å²) >= 11 is 2.12. The van der Waals surface area contributed by atoms with Crippen molar-refractivity contribution in [2.24, 2.45) is 5.92 Å². The average molecular weight is 656 g/mol. The van der Waals surface area contributed by atoms with Crippen LogP contribution in [0.5, 0.6) is 0 Å². The Morgan fingerprint density at radius 2 is 1.95 bits per heavy atom. The molecule has 8 nitrogen and oxygen atoms in total. The minimum absolute atomic E-state index is 0.186. The second-order valence-electron chi connectivity index (χ2n) is 8.98. The number of aromatic nitrogens is 1. The van der Waals surface area contributed by atoms with Crippen molar-refractivity contribution in [3.05, 3.63) is 80.2 Å². The zero-order valence-electron chi connectivity index (χ0n) is 20.8. The molecule has 1 amide bonds. The van der Waals surface area contributed by atoms with Crippen LogP contribution in [0.4, 0.5) is 20.2 Å². The second kappa shape index (κ2) is 12.0. The third kappa shape index (κ3) is 6.65. The van der Waals surface area contributed by atoms with Crippen molar-refractivity contribution in [1.82, 2.24) is 15.2 Å². The van der Waals surface area contributed by atoms with E-state index in [1.54, 1.807) is 37.4 Å². The first-order valence-corrected chi connectivity index (χ1v) is 14.6. The van der Waals surface area contributed by atoms with Crippen LogP contribution in [0.15, 0.2) is 47.5 Å². The number of pyridine rings is 1. The van der Waals surface area contributed by atoms with Crippen LogP contribution in [0.3, 0.4) is 0 Å². The van der Waals surface area contributed by atoms with Gasteiger partial charge in [-0.1, -0.05) is 13.0 Å². The molecule has 202 valence electrons. The number of hydrogen-bond acceptors (Lipinski definition) is 6. The molecule has 2 aromatic carbocycles. The standard InChI is InChI=1S/C26H27F2IN4O4S/c1-3-20-17(5-4-10-30-20)13-31-38(35,36)22-12-19(26(34)33-37-14-16-6-7-16)25(24(28)23(22)27)32-21-9-8-18(29)11-15(21)2/h4-5,8-12,16,31-32H,3,6-7,13-14H2,1-2H3,(H,33,34). The number of hydroxylamine groups is 1. The van der Waals surface area contributed by atoms with Gasteiger partial charge in [0, 0.05) is 27.7 Å². The van der Waals surface area contributed by atoms with Gasteiger partial charge >= 0.3 is 0 Å². The largest absolute Gasteiger partial charge is 0.352 e. The molecule has 1 aromatic heterocycles. The van der Waals surface area contributed by atoms with Crippen molar-refractivity contribution in [1.29, 1.82) is 0 Å². The SMILES string of the molecule is CCc1ncccc1CNS(=O)(=O)c1cc(C(=O)NOCC2CC2)c(Nc2ccc(I)cc2C)c(F)c1F. The molecule has 1 aliphatic carbocycles. The number of nitrogens with one attached hydrogen (secondary N) is 3. The molecule has 3 aromatic rings. The molecule has 38 heavy (non-hydrogen) atoms. The van der Waals surface area contributed by atoms with Crippen LogP contribution in [0.1, 0.15) is 46.9 Å². The van der Waals surface area contributed by atoms with Crippen LogP contribution in [-0.4, -0.2) is 25.9 Å². The lowest BCUT2D eigenvalue weighted by molar-refractivity contribution is 0.0270. The molecular formula is C26H27F2IN4O4S. The van der Waals surface area contributed by atoms with Gasteiger partial charge in [-0.15, -0.1) is 0 Å². The number of aryl methyl sites for hydroxylation is 2. The van der Waals surface area contributed by atoms with E-state index in [1.807, 2.05) is 13.0 Å². The number of nitrogens with zero attached hydrogens (tertiary/aromatic N) is 1. The number of carbonyl (C=O) groups excluding carboxylic acids is 1. The number of amides is 1. The summed E-state index contributed by atoms with van der Waals surface area (Å²) in [5.74, 6) is -3.70. The molecule has 4 rings (SSSR count). The lowest BCUT2D eigenvalue weighted by atomic mass is 10.1. The highest BCUT2D eigenvalue weighted by Gasteiger charge is 2.30. The number of carbonyl (C=O) groups is 1. The van der Waals surface area contributed by atoms with Crippen molar-refractivity contribution < 1.29 is 26.8 Å². The molecule has 0 radical (unpaired) electrons. The van der Waals surface area contributed by atoms with E-state index < -0.39 is 43.7 Å². The van der Waals surface area contributed by atoms with Crippen LogP contribution >= 0.6 is 22.6 Å². The zero-order valence-corrected chi connectivity index (χ0v) is 23.8. The first-order chi connectivity index (χ1) is 18.1. The van der Waals surface area contributed by atoms with Crippen molar-refractivity contribution in [3.63, 3.8) is 0 Å². The first-order valence-electron chi connectivity index (χ1n) is 12.0. The minimum atomic E-state index is -4.56. The molecule has 12 heteroatoms. The van der Waals surface area contributed by atoms with Crippen molar-refractivity contribution >= 4 is 49.9 Å². The van der Waals surface area contributed by atoms with Crippen molar-refractivity contribution in [2.45, 2.75) is 44.6 Å². The van der Waals surface area contributed by atoms with Gasteiger partial charge in [-0.2, -0.15) is 0 Å². The summed E-state index contributed by atoms with van der Waals surface area (Å²) in [5.41, 5.74) is 3.71. The highest BCUT2D eigenvalue weighted by Crippen LogP contribution is 2.33. The van der Waals surface area contributed by atoms with Gasteiger partial charge in [0.1, 0.15) is 4.90 Å².